The highest BCUT2D eigenvalue weighted by atomic mass is 16.4. The van der Waals surface area contributed by atoms with Crippen LogP contribution < -0.4 is 11.1 Å². The smallest absolute Gasteiger partial charge is 0.334 e. The predicted octanol–water partition coefficient (Wildman–Crippen LogP) is 1.05. The number of nitrogens with one attached hydrogen (secondary N) is 1. The number of carboxylic acids is 1. The zero-order valence-electron chi connectivity index (χ0n) is 8.53. The Kier molecular flexibility index (Phi) is 3.74. The Labute approximate surface area is 88.4 Å². The molecule has 80 valence electrons. The second-order valence-electron chi connectivity index (χ2n) is 3.18. The molecule has 0 atom stereocenters. The lowest BCUT2D eigenvalue weighted by Crippen LogP contribution is -2.23. The summed E-state index contributed by atoms with van der Waals surface area (Å²) in [6.45, 7) is 1.99. The number of hydrogen-bond acceptors (Lipinski definition) is 3. The lowest BCUT2D eigenvalue weighted by atomic mass is 10.2. The highest BCUT2D eigenvalue weighted by Gasteiger charge is 2.05. The first kappa shape index (κ1) is 11.1. The lowest BCUT2D eigenvalue weighted by Gasteiger charge is -2.07. The van der Waals surface area contributed by atoms with Crippen LogP contribution in [0, 0.1) is 0 Å². The van der Waals surface area contributed by atoms with Gasteiger partial charge in [-0.3, -0.25) is 0 Å². The summed E-state index contributed by atoms with van der Waals surface area (Å²) in [5.74, 6) is -0.806. The van der Waals surface area contributed by atoms with Crippen molar-refractivity contribution < 1.29 is 9.90 Å². The summed E-state index contributed by atoms with van der Waals surface area (Å²) in [6.07, 6.45) is 0. The number of benzene rings is 1. The molecule has 4 N–H and O–H groups in total. The molecule has 15 heavy (non-hydrogen) atoms. The van der Waals surface area contributed by atoms with Crippen LogP contribution in [0.1, 0.15) is 12.5 Å². The molecule has 0 saturated heterocycles. The molecule has 0 spiro atoms. The van der Waals surface area contributed by atoms with Crippen LogP contribution in [0.4, 0.5) is 0 Å². The molecular weight excluding hydrogens is 192 g/mol. The summed E-state index contributed by atoms with van der Waals surface area (Å²) in [6, 6.07) is 9.64. The summed E-state index contributed by atoms with van der Waals surface area (Å²) in [4.78, 5) is 10.6. The van der Waals surface area contributed by atoms with E-state index in [1.54, 1.807) is 0 Å². The van der Waals surface area contributed by atoms with Crippen molar-refractivity contribution in [3.8, 4) is 0 Å². The van der Waals surface area contributed by atoms with E-state index < -0.39 is 5.97 Å². The minimum absolute atomic E-state index is 0.130. The van der Waals surface area contributed by atoms with Crippen LogP contribution in [0.5, 0.6) is 0 Å². The van der Waals surface area contributed by atoms with Gasteiger partial charge in [0.25, 0.3) is 0 Å². The second-order valence-corrected chi connectivity index (χ2v) is 3.18. The normalized spacial score (nSPS) is 11.8. The quantitative estimate of drug-likeness (QED) is 0.644. The first-order valence-corrected chi connectivity index (χ1v) is 4.58. The van der Waals surface area contributed by atoms with Crippen molar-refractivity contribution in [2.45, 2.75) is 13.5 Å². The Morgan fingerprint density at radius 3 is 2.53 bits per heavy atom. The number of aliphatic carboxylic acids is 1. The Morgan fingerprint density at radius 2 is 2.00 bits per heavy atom. The van der Waals surface area contributed by atoms with Gasteiger partial charge in [0.15, 0.2) is 0 Å². The van der Waals surface area contributed by atoms with Gasteiger partial charge in [-0.2, -0.15) is 0 Å². The van der Waals surface area contributed by atoms with Crippen molar-refractivity contribution in [2.75, 3.05) is 0 Å². The number of rotatable bonds is 4. The van der Waals surface area contributed by atoms with E-state index in [1.165, 1.54) is 6.92 Å². The minimum atomic E-state index is -1.01. The molecule has 0 saturated carbocycles. The average Bonchev–Trinajstić information content (AvgIpc) is 2.26. The van der Waals surface area contributed by atoms with Gasteiger partial charge in [0, 0.05) is 6.54 Å². The molecule has 0 heterocycles. The fourth-order valence-corrected chi connectivity index (χ4v) is 1.04. The van der Waals surface area contributed by atoms with Gasteiger partial charge in [0.05, 0.1) is 5.57 Å². The van der Waals surface area contributed by atoms with Crippen LogP contribution in [0.3, 0.4) is 0 Å². The molecule has 0 aliphatic rings. The Morgan fingerprint density at radius 1 is 1.40 bits per heavy atom. The number of carboxylic acid groups (broad SMARTS) is 1. The third-order valence-corrected chi connectivity index (χ3v) is 2.05. The molecule has 0 unspecified atom stereocenters. The fraction of sp³-hybridized carbons (Fsp3) is 0.182. The highest BCUT2D eigenvalue weighted by Crippen LogP contribution is 2.00. The molecule has 0 fully saturated rings. The molecule has 0 amide bonds. The standard InChI is InChI=1S/C11H14N2O2/c1-8(11(14)15)10(12)13-7-9-5-3-2-4-6-9/h2-6,13H,7,12H2,1H3,(H,14,15). The molecule has 4 heteroatoms. The van der Waals surface area contributed by atoms with Gasteiger partial charge in [-0.05, 0) is 12.5 Å². The van der Waals surface area contributed by atoms with E-state index in [0.717, 1.165) is 5.56 Å². The zero-order valence-corrected chi connectivity index (χ0v) is 8.53. The van der Waals surface area contributed by atoms with Gasteiger partial charge in [-0.25, -0.2) is 4.79 Å². The topological polar surface area (TPSA) is 75.3 Å². The van der Waals surface area contributed by atoms with E-state index in [-0.39, 0.29) is 11.4 Å². The molecule has 0 radical (unpaired) electrons. The van der Waals surface area contributed by atoms with Gasteiger partial charge in [0.1, 0.15) is 5.82 Å². The van der Waals surface area contributed by atoms with E-state index in [0.29, 0.717) is 6.54 Å². The zero-order chi connectivity index (χ0) is 11.3. The Hall–Kier alpha value is -1.97. The van der Waals surface area contributed by atoms with Crippen molar-refractivity contribution in [3.05, 3.63) is 47.3 Å². The maximum Gasteiger partial charge on any atom is 0.334 e. The van der Waals surface area contributed by atoms with Crippen LogP contribution in [0.15, 0.2) is 41.7 Å². The third kappa shape index (κ3) is 3.34. The van der Waals surface area contributed by atoms with E-state index in [4.69, 9.17) is 10.8 Å². The number of hydrogen-bond donors (Lipinski definition) is 3. The van der Waals surface area contributed by atoms with E-state index in [1.807, 2.05) is 30.3 Å². The van der Waals surface area contributed by atoms with Gasteiger partial charge in [0.2, 0.25) is 0 Å². The molecule has 1 aromatic rings. The molecular formula is C11H14N2O2. The van der Waals surface area contributed by atoms with Crippen molar-refractivity contribution in [1.82, 2.24) is 5.32 Å². The lowest BCUT2D eigenvalue weighted by molar-refractivity contribution is -0.132. The minimum Gasteiger partial charge on any atom is -0.478 e. The summed E-state index contributed by atoms with van der Waals surface area (Å²) in [5.41, 5.74) is 6.74. The monoisotopic (exact) mass is 206 g/mol. The van der Waals surface area contributed by atoms with E-state index >= 15 is 0 Å². The highest BCUT2D eigenvalue weighted by molar-refractivity contribution is 5.86. The van der Waals surface area contributed by atoms with Crippen molar-refractivity contribution in [1.29, 1.82) is 0 Å². The fourth-order valence-electron chi connectivity index (χ4n) is 1.04. The molecule has 0 aliphatic carbocycles. The van der Waals surface area contributed by atoms with Crippen LogP contribution in [-0.4, -0.2) is 11.1 Å². The summed E-state index contributed by atoms with van der Waals surface area (Å²) >= 11 is 0. The third-order valence-electron chi connectivity index (χ3n) is 2.05. The maximum atomic E-state index is 10.6. The number of carbonyl (C=O) groups is 1. The van der Waals surface area contributed by atoms with Gasteiger partial charge in [-0.15, -0.1) is 0 Å². The van der Waals surface area contributed by atoms with Crippen LogP contribution in [0.25, 0.3) is 0 Å². The predicted molar refractivity (Wildman–Crippen MR) is 57.8 cm³/mol. The van der Waals surface area contributed by atoms with Crippen molar-refractivity contribution in [3.63, 3.8) is 0 Å². The summed E-state index contributed by atoms with van der Waals surface area (Å²) < 4.78 is 0. The second kappa shape index (κ2) is 5.05. The van der Waals surface area contributed by atoms with Crippen LogP contribution >= 0.6 is 0 Å². The molecule has 4 nitrogen and oxygen atoms in total. The summed E-state index contributed by atoms with van der Waals surface area (Å²) in [5, 5.41) is 11.5. The molecule has 1 aromatic carbocycles. The SMILES string of the molecule is CC(C(=O)O)=C(N)NCc1ccccc1. The first-order chi connectivity index (χ1) is 7.11. The molecule has 0 aliphatic heterocycles. The molecule has 0 bridgehead atoms. The van der Waals surface area contributed by atoms with Crippen molar-refractivity contribution >= 4 is 5.97 Å². The Bertz CT molecular complexity index is 371. The van der Waals surface area contributed by atoms with Crippen LogP contribution in [0.2, 0.25) is 0 Å². The maximum absolute atomic E-state index is 10.6. The van der Waals surface area contributed by atoms with Gasteiger partial charge < -0.3 is 16.2 Å². The van der Waals surface area contributed by atoms with Gasteiger partial charge in [-0.1, -0.05) is 30.3 Å². The van der Waals surface area contributed by atoms with E-state index in [2.05, 4.69) is 5.32 Å². The van der Waals surface area contributed by atoms with Gasteiger partial charge >= 0.3 is 5.97 Å². The summed E-state index contributed by atoms with van der Waals surface area (Å²) in [7, 11) is 0. The van der Waals surface area contributed by atoms with Crippen molar-refractivity contribution in [2.24, 2.45) is 5.73 Å². The first-order valence-electron chi connectivity index (χ1n) is 4.58. The van der Waals surface area contributed by atoms with Crippen LogP contribution in [-0.2, 0) is 11.3 Å². The largest absolute Gasteiger partial charge is 0.478 e. The number of nitrogens with two attached hydrogens (primary N) is 1. The Balaban J connectivity index is 2.58. The van der Waals surface area contributed by atoms with E-state index in [9.17, 15) is 4.79 Å². The average molecular weight is 206 g/mol. The molecule has 0 aromatic heterocycles. The molecule has 1 rings (SSSR count).